The van der Waals surface area contributed by atoms with Crippen LogP contribution in [0.5, 0.6) is 0 Å². The average molecular weight is 404 g/mol. The third-order valence-electron chi connectivity index (χ3n) is 5.44. The van der Waals surface area contributed by atoms with Crippen LogP contribution in [0.1, 0.15) is 30.1 Å². The highest BCUT2D eigenvalue weighted by molar-refractivity contribution is 7.08. The van der Waals surface area contributed by atoms with Crippen LogP contribution < -0.4 is 0 Å². The lowest BCUT2D eigenvalue weighted by Gasteiger charge is -2.31. The number of rotatable bonds is 4. The van der Waals surface area contributed by atoms with Crippen molar-refractivity contribution in [2.45, 2.75) is 25.2 Å². The van der Waals surface area contributed by atoms with Crippen LogP contribution in [0.15, 0.2) is 59.7 Å². The first-order valence-corrected chi connectivity index (χ1v) is 10.8. The van der Waals surface area contributed by atoms with Gasteiger partial charge in [0.25, 0.3) is 0 Å². The Morgan fingerprint density at radius 3 is 2.86 bits per heavy atom. The van der Waals surface area contributed by atoms with Gasteiger partial charge in [0, 0.05) is 43.2 Å². The van der Waals surface area contributed by atoms with Crippen molar-refractivity contribution in [3.63, 3.8) is 0 Å². The number of hydrogen-bond donors (Lipinski definition) is 0. The molecule has 0 radical (unpaired) electrons. The summed E-state index contributed by atoms with van der Waals surface area (Å²) in [6.07, 6.45) is 8.05. The van der Waals surface area contributed by atoms with Gasteiger partial charge in [0.15, 0.2) is 11.5 Å². The fraction of sp³-hybridized carbons (Fsp3) is 0.273. The molecule has 4 aromatic heterocycles. The lowest BCUT2D eigenvalue weighted by atomic mass is 9.97. The quantitative estimate of drug-likeness (QED) is 0.520. The zero-order chi connectivity index (χ0) is 19.6. The molecule has 0 saturated carbocycles. The normalized spacial score (nSPS) is 17.0. The fourth-order valence-corrected chi connectivity index (χ4v) is 4.55. The maximum absolute atomic E-state index is 12.7. The lowest BCUT2D eigenvalue weighted by molar-refractivity contribution is -0.131. The Balaban J connectivity index is 1.35. The zero-order valence-electron chi connectivity index (χ0n) is 15.9. The molecule has 7 heteroatoms. The van der Waals surface area contributed by atoms with Crippen molar-refractivity contribution >= 4 is 22.9 Å². The van der Waals surface area contributed by atoms with E-state index in [1.807, 2.05) is 50.6 Å². The van der Waals surface area contributed by atoms with Gasteiger partial charge in [-0.2, -0.15) is 16.4 Å². The number of pyridine rings is 2. The Kier molecular flexibility index (Phi) is 4.81. The summed E-state index contributed by atoms with van der Waals surface area (Å²) in [5.41, 5.74) is 4.10. The Hall–Kier alpha value is -3.06. The first-order chi connectivity index (χ1) is 14.3. The topological polar surface area (TPSA) is 63.4 Å². The molecule has 1 aliphatic heterocycles. The van der Waals surface area contributed by atoms with Crippen LogP contribution in [0.25, 0.3) is 16.8 Å². The third-order valence-corrected chi connectivity index (χ3v) is 6.17. The van der Waals surface area contributed by atoms with E-state index < -0.39 is 0 Å². The van der Waals surface area contributed by atoms with E-state index in [9.17, 15) is 4.79 Å². The number of aromatic nitrogens is 4. The molecule has 0 aliphatic carbocycles. The highest BCUT2D eigenvalue weighted by Gasteiger charge is 2.27. The predicted octanol–water partition coefficient (Wildman–Crippen LogP) is 3.80. The van der Waals surface area contributed by atoms with Crippen molar-refractivity contribution in [3.05, 3.63) is 71.1 Å². The fourth-order valence-electron chi connectivity index (χ4n) is 3.88. The van der Waals surface area contributed by atoms with Crippen molar-refractivity contribution in [3.8, 4) is 11.1 Å². The number of piperidine rings is 1. The summed E-state index contributed by atoms with van der Waals surface area (Å²) in [4.78, 5) is 23.5. The molecule has 0 spiro atoms. The van der Waals surface area contributed by atoms with E-state index in [-0.39, 0.29) is 11.8 Å². The SMILES string of the molecule is O=C(Cc1ccsc1)N1CCCC(c2nc3ccc(-c4ccncc4)cn3n2)C1. The second kappa shape index (κ2) is 7.75. The van der Waals surface area contributed by atoms with Gasteiger partial charge in [-0.25, -0.2) is 9.50 Å². The molecule has 1 saturated heterocycles. The predicted molar refractivity (Wildman–Crippen MR) is 113 cm³/mol. The number of likely N-dealkylation sites (tertiary alicyclic amines) is 1. The molecule has 5 rings (SSSR count). The average Bonchev–Trinajstić information content (AvgIpc) is 3.43. The summed E-state index contributed by atoms with van der Waals surface area (Å²) < 4.78 is 1.84. The van der Waals surface area contributed by atoms with Crippen molar-refractivity contribution < 1.29 is 4.79 Å². The molecule has 1 atom stereocenters. The van der Waals surface area contributed by atoms with Gasteiger partial charge < -0.3 is 4.90 Å². The molecular formula is C22H21N5OS. The number of carbonyl (C=O) groups is 1. The minimum atomic E-state index is 0.180. The number of carbonyl (C=O) groups excluding carboxylic acids is 1. The Morgan fingerprint density at radius 2 is 2.03 bits per heavy atom. The van der Waals surface area contributed by atoms with Gasteiger partial charge in [-0.05, 0) is 65.1 Å². The van der Waals surface area contributed by atoms with Crippen molar-refractivity contribution in [1.82, 2.24) is 24.5 Å². The molecular weight excluding hydrogens is 382 g/mol. The highest BCUT2D eigenvalue weighted by atomic mass is 32.1. The first-order valence-electron chi connectivity index (χ1n) is 9.82. The van der Waals surface area contributed by atoms with E-state index in [4.69, 9.17) is 10.1 Å². The van der Waals surface area contributed by atoms with Gasteiger partial charge >= 0.3 is 0 Å². The highest BCUT2D eigenvalue weighted by Crippen LogP contribution is 2.26. The molecule has 4 aromatic rings. The molecule has 1 unspecified atom stereocenters. The van der Waals surface area contributed by atoms with Gasteiger partial charge in [0.2, 0.25) is 5.91 Å². The smallest absolute Gasteiger partial charge is 0.227 e. The number of nitrogens with zero attached hydrogens (tertiary/aromatic N) is 5. The van der Waals surface area contributed by atoms with E-state index in [0.717, 1.165) is 47.5 Å². The summed E-state index contributed by atoms with van der Waals surface area (Å²) in [5.74, 6) is 1.20. The number of amides is 1. The van der Waals surface area contributed by atoms with E-state index in [1.54, 1.807) is 23.7 Å². The van der Waals surface area contributed by atoms with Gasteiger partial charge in [0.1, 0.15) is 0 Å². The van der Waals surface area contributed by atoms with E-state index >= 15 is 0 Å². The largest absolute Gasteiger partial charge is 0.342 e. The molecule has 5 heterocycles. The van der Waals surface area contributed by atoms with E-state index in [2.05, 4.69) is 11.1 Å². The minimum Gasteiger partial charge on any atom is -0.342 e. The number of fused-ring (bicyclic) bond motifs is 1. The van der Waals surface area contributed by atoms with Crippen LogP contribution in [0.2, 0.25) is 0 Å². The molecule has 1 aliphatic rings. The molecule has 1 amide bonds. The van der Waals surface area contributed by atoms with Crippen LogP contribution in [-0.4, -0.2) is 43.5 Å². The van der Waals surface area contributed by atoms with Crippen LogP contribution in [0.4, 0.5) is 0 Å². The minimum absolute atomic E-state index is 0.180. The standard InChI is InChI=1S/C22H21N5OS/c28-21(12-16-7-11-29-15-16)26-10-1-2-19(13-26)22-24-20-4-3-18(14-27(20)25-22)17-5-8-23-9-6-17/h3-9,11,14-15,19H,1-2,10,12-13H2. The van der Waals surface area contributed by atoms with Gasteiger partial charge in [-0.15, -0.1) is 0 Å². The van der Waals surface area contributed by atoms with Crippen LogP contribution in [0, 0.1) is 0 Å². The Morgan fingerprint density at radius 1 is 1.14 bits per heavy atom. The second-order valence-electron chi connectivity index (χ2n) is 7.41. The molecule has 146 valence electrons. The summed E-state index contributed by atoms with van der Waals surface area (Å²) in [7, 11) is 0. The Labute approximate surface area is 172 Å². The Bertz CT molecular complexity index is 1120. The maximum atomic E-state index is 12.7. The van der Waals surface area contributed by atoms with Crippen molar-refractivity contribution in [2.24, 2.45) is 0 Å². The molecule has 0 N–H and O–H groups in total. The summed E-state index contributed by atoms with van der Waals surface area (Å²) in [6, 6.07) is 10.0. The molecule has 1 fully saturated rings. The van der Waals surface area contributed by atoms with Crippen LogP contribution in [0.3, 0.4) is 0 Å². The van der Waals surface area contributed by atoms with Crippen LogP contribution in [-0.2, 0) is 11.2 Å². The van der Waals surface area contributed by atoms with Crippen LogP contribution >= 0.6 is 11.3 Å². The van der Waals surface area contributed by atoms with Gasteiger partial charge in [-0.1, -0.05) is 0 Å². The summed E-state index contributed by atoms with van der Waals surface area (Å²) in [5, 5.41) is 8.81. The van der Waals surface area contributed by atoms with E-state index in [1.165, 1.54) is 0 Å². The van der Waals surface area contributed by atoms with E-state index in [0.29, 0.717) is 13.0 Å². The molecule has 29 heavy (non-hydrogen) atoms. The molecule has 0 bridgehead atoms. The monoisotopic (exact) mass is 403 g/mol. The molecule has 0 aromatic carbocycles. The number of thiophene rings is 1. The third kappa shape index (κ3) is 3.78. The second-order valence-corrected chi connectivity index (χ2v) is 8.19. The van der Waals surface area contributed by atoms with Crippen molar-refractivity contribution in [1.29, 1.82) is 0 Å². The maximum Gasteiger partial charge on any atom is 0.227 e. The lowest BCUT2D eigenvalue weighted by Crippen LogP contribution is -2.40. The van der Waals surface area contributed by atoms with Gasteiger partial charge in [0.05, 0.1) is 6.42 Å². The summed E-state index contributed by atoms with van der Waals surface area (Å²) in [6.45, 7) is 1.51. The zero-order valence-corrected chi connectivity index (χ0v) is 16.8. The van der Waals surface area contributed by atoms with Crippen molar-refractivity contribution in [2.75, 3.05) is 13.1 Å². The first kappa shape index (κ1) is 18.0. The number of hydrogen-bond acceptors (Lipinski definition) is 5. The molecule has 6 nitrogen and oxygen atoms in total. The van der Waals surface area contributed by atoms with Gasteiger partial charge in [-0.3, -0.25) is 9.78 Å². The summed E-state index contributed by atoms with van der Waals surface area (Å²) >= 11 is 1.63.